The van der Waals surface area contributed by atoms with Crippen LogP contribution in [0.5, 0.6) is 0 Å². The average molecular weight is 689 g/mol. The van der Waals surface area contributed by atoms with E-state index in [9.17, 15) is 19.5 Å². The first-order valence-electron chi connectivity index (χ1n) is 18.8. The van der Waals surface area contributed by atoms with Crippen LogP contribution in [0.1, 0.15) is 129 Å². The number of allylic oxidation sites excluding steroid dienone is 10. The Kier molecular flexibility index (Phi) is 30.3. The summed E-state index contributed by atoms with van der Waals surface area (Å²) in [5.74, 6) is -1.55. The number of nitrogens with zero attached hydrogens (tertiary/aromatic N) is 1. The molecule has 0 bridgehead atoms. The maximum atomic E-state index is 12.6. The van der Waals surface area contributed by atoms with E-state index in [-0.39, 0.29) is 42.7 Å². The highest BCUT2D eigenvalue weighted by Crippen LogP contribution is 2.12. The highest BCUT2D eigenvalue weighted by molar-refractivity contribution is 5.72. The summed E-state index contributed by atoms with van der Waals surface area (Å²) in [5.41, 5.74) is 0. The lowest BCUT2D eigenvalue weighted by Crippen LogP contribution is -2.50. The third-order valence-corrected chi connectivity index (χ3v) is 7.93. The molecule has 0 rings (SSSR count). The van der Waals surface area contributed by atoms with Crippen LogP contribution in [0.3, 0.4) is 0 Å². The van der Waals surface area contributed by atoms with Crippen LogP contribution < -0.4 is 0 Å². The molecule has 0 aromatic carbocycles. The van der Waals surface area contributed by atoms with E-state index in [1.165, 1.54) is 12.8 Å². The first-order valence-corrected chi connectivity index (χ1v) is 18.8. The summed E-state index contributed by atoms with van der Waals surface area (Å²) < 4.78 is 17.1. The number of carboxylic acids is 1. The number of quaternary nitrogens is 1. The van der Waals surface area contributed by atoms with Crippen molar-refractivity contribution in [2.24, 2.45) is 0 Å². The lowest BCUT2D eigenvalue weighted by atomic mass is 10.1. The van der Waals surface area contributed by atoms with Gasteiger partial charge < -0.3 is 23.8 Å². The Balaban J connectivity index is 4.51. The van der Waals surface area contributed by atoms with Crippen molar-refractivity contribution in [3.8, 4) is 0 Å². The molecule has 2 atom stereocenters. The van der Waals surface area contributed by atoms with E-state index >= 15 is 0 Å². The molecule has 8 nitrogen and oxygen atoms in total. The fraction of sp³-hybridized carbons (Fsp3) is 0.683. The maximum Gasteiger partial charge on any atom is 0.362 e. The zero-order valence-electron chi connectivity index (χ0n) is 31.6. The summed E-state index contributed by atoms with van der Waals surface area (Å²) in [4.78, 5) is 36.7. The topological polar surface area (TPSA) is 99.1 Å². The molecule has 0 aromatic heterocycles. The van der Waals surface area contributed by atoms with Crippen molar-refractivity contribution in [3.05, 3.63) is 60.8 Å². The fourth-order valence-electron chi connectivity index (χ4n) is 4.96. The minimum absolute atomic E-state index is 0.0400. The summed E-state index contributed by atoms with van der Waals surface area (Å²) in [6.07, 6.45) is 37.0. The zero-order chi connectivity index (χ0) is 36.4. The molecule has 280 valence electrons. The summed E-state index contributed by atoms with van der Waals surface area (Å²) >= 11 is 0. The molecule has 0 spiro atoms. The maximum absolute atomic E-state index is 12.6. The van der Waals surface area contributed by atoms with Crippen molar-refractivity contribution in [1.82, 2.24) is 0 Å². The molecular formula is C41H70NO7+. The molecule has 0 heterocycles. The first-order chi connectivity index (χ1) is 23.6. The van der Waals surface area contributed by atoms with Gasteiger partial charge in [0.25, 0.3) is 0 Å². The van der Waals surface area contributed by atoms with Crippen molar-refractivity contribution in [1.29, 1.82) is 0 Å². The van der Waals surface area contributed by atoms with Gasteiger partial charge in [-0.25, -0.2) is 4.79 Å². The minimum Gasteiger partial charge on any atom is -0.477 e. The quantitative estimate of drug-likeness (QED) is 0.0247. The van der Waals surface area contributed by atoms with Gasteiger partial charge in [0, 0.05) is 19.3 Å². The summed E-state index contributed by atoms with van der Waals surface area (Å²) in [5, 5.41) is 9.57. The van der Waals surface area contributed by atoms with E-state index < -0.39 is 18.1 Å². The number of aliphatic carboxylic acids is 1. The van der Waals surface area contributed by atoms with Gasteiger partial charge in [-0.3, -0.25) is 9.59 Å². The number of hydrogen-bond acceptors (Lipinski definition) is 6. The second-order valence-corrected chi connectivity index (χ2v) is 13.5. The summed E-state index contributed by atoms with van der Waals surface area (Å²) in [7, 11) is 5.49. The van der Waals surface area contributed by atoms with Gasteiger partial charge in [-0.2, -0.15) is 0 Å². The lowest BCUT2D eigenvalue weighted by molar-refractivity contribution is -0.887. The Morgan fingerprint density at radius 2 is 1.20 bits per heavy atom. The Bertz CT molecular complexity index is 990. The number of carbonyl (C=O) groups excluding carboxylic acids is 2. The number of ether oxygens (including phenoxy) is 3. The number of carbonyl (C=O) groups is 3. The van der Waals surface area contributed by atoms with Crippen LogP contribution in [-0.2, 0) is 28.6 Å². The van der Waals surface area contributed by atoms with Crippen LogP contribution in [0.15, 0.2) is 60.8 Å². The van der Waals surface area contributed by atoms with Gasteiger partial charge in [0.05, 0.1) is 34.4 Å². The predicted octanol–water partition coefficient (Wildman–Crippen LogP) is 9.46. The van der Waals surface area contributed by atoms with Crippen LogP contribution in [0.4, 0.5) is 0 Å². The second-order valence-electron chi connectivity index (χ2n) is 13.5. The number of likely N-dealkylation sites (N-methyl/N-ethyl adjacent to an activating group) is 1. The van der Waals surface area contributed by atoms with Crippen LogP contribution in [0.2, 0.25) is 0 Å². The van der Waals surface area contributed by atoms with E-state index in [2.05, 4.69) is 74.6 Å². The molecule has 0 radical (unpaired) electrons. The standard InChI is InChI=1S/C41H69NO7/c1-6-8-10-12-14-16-18-19-20-22-23-25-27-29-31-39(43)48-36-37(35-47-34-33-38(41(45)46)42(3,4)5)49-40(44)32-30-28-26-24-21-17-15-13-11-9-7-2/h8,10,13-17,19-21,37-38H,6-7,9,11-12,18,22-36H2,1-5H3/p+1/b10-8+,15-13+,16-14+,20-19+,21-17+. The van der Waals surface area contributed by atoms with Crippen molar-refractivity contribution in [2.75, 3.05) is 41.0 Å². The van der Waals surface area contributed by atoms with E-state index in [1.807, 2.05) is 21.1 Å². The molecule has 0 fully saturated rings. The first kappa shape index (κ1) is 46.0. The fourth-order valence-corrected chi connectivity index (χ4v) is 4.96. The predicted molar refractivity (Wildman–Crippen MR) is 201 cm³/mol. The van der Waals surface area contributed by atoms with Gasteiger partial charge in [0.1, 0.15) is 6.61 Å². The minimum atomic E-state index is -0.887. The lowest BCUT2D eigenvalue weighted by Gasteiger charge is -2.31. The summed E-state index contributed by atoms with van der Waals surface area (Å²) in [6.45, 7) is 4.48. The Morgan fingerprint density at radius 1 is 0.653 bits per heavy atom. The number of esters is 2. The Hall–Kier alpha value is -2.97. The van der Waals surface area contributed by atoms with E-state index in [4.69, 9.17) is 14.2 Å². The van der Waals surface area contributed by atoms with Crippen molar-refractivity contribution in [2.45, 2.75) is 142 Å². The van der Waals surface area contributed by atoms with Crippen LogP contribution in [0.25, 0.3) is 0 Å². The highest BCUT2D eigenvalue weighted by atomic mass is 16.6. The van der Waals surface area contributed by atoms with Gasteiger partial charge in [0.15, 0.2) is 12.1 Å². The van der Waals surface area contributed by atoms with Crippen LogP contribution in [0, 0.1) is 0 Å². The second kappa shape index (κ2) is 32.2. The molecule has 0 amide bonds. The molecule has 0 aliphatic heterocycles. The zero-order valence-corrected chi connectivity index (χ0v) is 31.6. The van der Waals surface area contributed by atoms with Crippen LogP contribution in [-0.4, -0.2) is 80.6 Å². The van der Waals surface area contributed by atoms with Crippen LogP contribution >= 0.6 is 0 Å². The van der Waals surface area contributed by atoms with Gasteiger partial charge >= 0.3 is 17.9 Å². The average Bonchev–Trinajstić information content (AvgIpc) is 3.05. The van der Waals surface area contributed by atoms with Gasteiger partial charge in [-0.1, -0.05) is 107 Å². The highest BCUT2D eigenvalue weighted by Gasteiger charge is 2.31. The largest absolute Gasteiger partial charge is 0.477 e. The Morgan fingerprint density at radius 3 is 1.82 bits per heavy atom. The molecular weight excluding hydrogens is 618 g/mol. The van der Waals surface area contributed by atoms with Crippen molar-refractivity contribution < 1.29 is 38.2 Å². The number of rotatable bonds is 32. The van der Waals surface area contributed by atoms with Gasteiger partial charge in [-0.05, 0) is 64.2 Å². The molecule has 0 saturated carbocycles. The monoisotopic (exact) mass is 689 g/mol. The molecule has 0 saturated heterocycles. The SMILES string of the molecule is CC/C=C/C/C=C/C/C=C/CCCCCCC(=O)OCC(COCCC(C(=O)O)[N+](C)(C)C)OC(=O)CCCCC/C=C/C=C/CCCC. The van der Waals surface area contributed by atoms with E-state index in [1.54, 1.807) is 0 Å². The molecule has 49 heavy (non-hydrogen) atoms. The summed E-state index contributed by atoms with van der Waals surface area (Å²) in [6, 6.07) is -0.623. The smallest absolute Gasteiger partial charge is 0.362 e. The molecule has 0 aliphatic carbocycles. The molecule has 0 aliphatic rings. The molecule has 8 heteroatoms. The number of hydrogen-bond donors (Lipinski definition) is 1. The molecule has 2 unspecified atom stereocenters. The van der Waals surface area contributed by atoms with E-state index in [0.717, 1.165) is 83.5 Å². The third kappa shape index (κ3) is 30.8. The van der Waals surface area contributed by atoms with Crippen molar-refractivity contribution >= 4 is 17.9 Å². The van der Waals surface area contributed by atoms with E-state index in [0.29, 0.717) is 12.8 Å². The normalized spacial score (nSPS) is 13.7. The third-order valence-electron chi connectivity index (χ3n) is 7.93. The molecule has 0 aromatic rings. The molecule has 1 N–H and O–H groups in total. The number of unbranched alkanes of at least 4 members (excludes halogenated alkanes) is 9. The number of carboxylic acid groups (broad SMARTS) is 1. The van der Waals surface area contributed by atoms with Gasteiger partial charge in [-0.15, -0.1) is 0 Å². The van der Waals surface area contributed by atoms with Crippen molar-refractivity contribution in [3.63, 3.8) is 0 Å². The van der Waals surface area contributed by atoms with Gasteiger partial charge in [0.2, 0.25) is 0 Å². The Labute approximate surface area is 298 Å².